The second kappa shape index (κ2) is 5.38. The maximum atomic E-state index is 11.6. The van der Waals surface area contributed by atoms with Crippen molar-refractivity contribution in [3.05, 3.63) is 0 Å². The summed E-state index contributed by atoms with van der Waals surface area (Å²) in [6.45, 7) is 5.12. The van der Waals surface area contributed by atoms with E-state index in [0.717, 1.165) is 51.2 Å². The molecule has 3 nitrogen and oxygen atoms in total. The molecule has 17 heavy (non-hydrogen) atoms. The van der Waals surface area contributed by atoms with E-state index in [1.807, 2.05) is 0 Å². The maximum Gasteiger partial charge on any atom is 0.310 e. The second-order valence-electron chi connectivity index (χ2n) is 5.97. The third-order valence-corrected chi connectivity index (χ3v) is 4.58. The van der Waals surface area contributed by atoms with Crippen molar-refractivity contribution in [2.24, 2.45) is 11.3 Å². The number of carboxylic acid groups (broad SMARTS) is 1. The molecular weight excluding hydrogens is 214 g/mol. The van der Waals surface area contributed by atoms with Crippen molar-refractivity contribution in [2.45, 2.75) is 51.9 Å². The molecule has 0 aromatic carbocycles. The van der Waals surface area contributed by atoms with Crippen molar-refractivity contribution in [3.63, 3.8) is 0 Å². The highest BCUT2D eigenvalue weighted by Crippen LogP contribution is 2.36. The molecule has 2 fully saturated rings. The first-order chi connectivity index (χ1) is 8.16. The summed E-state index contributed by atoms with van der Waals surface area (Å²) in [4.78, 5) is 14.0. The average Bonchev–Trinajstić information content (AvgIpc) is 2.24. The van der Waals surface area contributed by atoms with Crippen LogP contribution in [0.3, 0.4) is 0 Å². The van der Waals surface area contributed by atoms with Crippen molar-refractivity contribution in [1.29, 1.82) is 0 Å². The molecule has 1 atom stereocenters. The van der Waals surface area contributed by atoms with E-state index in [1.54, 1.807) is 0 Å². The number of hydrogen-bond acceptors (Lipinski definition) is 2. The molecule has 3 heteroatoms. The molecule has 1 aliphatic heterocycles. The molecular formula is C14H25NO2. The van der Waals surface area contributed by atoms with Crippen LogP contribution in [0.4, 0.5) is 0 Å². The molecule has 1 N–H and O–H groups in total. The van der Waals surface area contributed by atoms with E-state index in [1.165, 1.54) is 19.3 Å². The third kappa shape index (κ3) is 2.82. The van der Waals surface area contributed by atoms with Gasteiger partial charge in [0.15, 0.2) is 0 Å². The van der Waals surface area contributed by atoms with Crippen molar-refractivity contribution >= 4 is 5.97 Å². The van der Waals surface area contributed by atoms with Gasteiger partial charge in [-0.3, -0.25) is 4.79 Å². The van der Waals surface area contributed by atoms with Crippen molar-refractivity contribution < 1.29 is 9.90 Å². The number of rotatable bonds is 5. The normalized spacial score (nSPS) is 31.1. The summed E-state index contributed by atoms with van der Waals surface area (Å²) in [5.41, 5.74) is -0.448. The molecule has 2 rings (SSSR count). The Hall–Kier alpha value is -0.570. The van der Waals surface area contributed by atoms with E-state index in [9.17, 15) is 9.90 Å². The Labute approximate surface area is 104 Å². The van der Waals surface area contributed by atoms with E-state index in [0.29, 0.717) is 0 Å². The SMILES string of the molecule is CCCC1(C(=O)O)CCCN(CC2CCC2)C1. The van der Waals surface area contributed by atoms with Gasteiger partial charge in [0.2, 0.25) is 0 Å². The third-order valence-electron chi connectivity index (χ3n) is 4.58. The summed E-state index contributed by atoms with van der Waals surface area (Å²) in [6, 6.07) is 0. The minimum absolute atomic E-state index is 0.448. The minimum Gasteiger partial charge on any atom is -0.481 e. The lowest BCUT2D eigenvalue weighted by Crippen LogP contribution is -2.49. The van der Waals surface area contributed by atoms with E-state index in [2.05, 4.69) is 11.8 Å². The summed E-state index contributed by atoms with van der Waals surface area (Å²) in [5.74, 6) is 0.277. The molecule has 0 aromatic heterocycles. The van der Waals surface area contributed by atoms with Crippen LogP contribution >= 0.6 is 0 Å². The van der Waals surface area contributed by atoms with Crippen molar-refractivity contribution in [1.82, 2.24) is 4.90 Å². The number of aliphatic carboxylic acids is 1. The van der Waals surface area contributed by atoms with Gasteiger partial charge in [-0.25, -0.2) is 0 Å². The number of hydrogen-bond donors (Lipinski definition) is 1. The fourth-order valence-electron chi connectivity index (χ4n) is 3.39. The lowest BCUT2D eigenvalue weighted by atomic mass is 9.75. The average molecular weight is 239 g/mol. The zero-order valence-corrected chi connectivity index (χ0v) is 11.0. The lowest BCUT2D eigenvalue weighted by Gasteiger charge is -2.42. The lowest BCUT2D eigenvalue weighted by molar-refractivity contribution is -0.153. The molecule has 0 radical (unpaired) electrons. The topological polar surface area (TPSA) is 40.5 Å². The quantitative estimate of drug-likeness (QED) is 0.802. The molecule has 1 aliphatic carbocycles. The summed E-state index contributed by atoms with van der Waals surface area (Å²) in [7, 11) is 0. The van der Waals surface area contributed by atoms with Crippen LogP contribution in [0.15, 0.2) is 0 Å². The monoisotopic (exact) mass is 239 g/mol. The van der Waals surface area contributed by atoms with Gasteiger partial charge in [-0.15, -0.1) is 0 Å². The van der Waals surface area contributed by atoms with Crippen molar-refractivity contribution in [2.75, 3.05) is 19.6 Å². The van der Waals surface area contributed by atoms with E-state index < -0.39 is 11.4 Å². The van der Waals surface area contributed by atoms with Gasteiger partial charge >= 0.3 is 5.97 Å². The Morgan fingerprint density at radius 2 is 2.18 bits per heavy atom. The Morgan fingerprint density at radius 1 is 1.41 bits per heavy atom. The maximum absolute atomic E-state index is 11.6. The van der Waals surface area contributed by atoms with E-state index in [4.69, 9.17) is 0 Å². The molecule has 0 aromatic rings. The first-order valence-electron chi connectivity index (χ1n) is 7.12. The van der Waals surface area contributed by atoms with Crippen LogP contribution in [0, 0.1) is 11.3 Å². The molecule has 1 heterocycles. The Kier molecular flexibility index (Phi) is 4.08. The Balaban J connectivity index is 1.94. The van der Waals surface area contributed by atoms with Crippen LogP contribution in [-0.4, -0.2) is 35.6 Å². The van der Waals surface area contributed by atoms with Gasteiger partial charge in [0, 0.05) is 13.1 Å². The fraction of sp³-hybridized carbons (Fsp3) is 0.929. The first-order valence-corrected chi connectivity index (χ1v) is 7.12. The van der Waals surface area contributed by atoms with Gasteiger partial charge in [-0.2, -0.15) is 0 Å². The molecule has 0 bridgehead atoms. The van der Waals surface area contributed by atoms with Crippen LogP contribution in [0.25, 0.3) is 0 Å². The summed E-state index contributed by atoms with van der Waals surface area (Å²) in [6.07, 6.45) is 7.82. The number of carbonyl (C=O) groups is 1. The molecule has 0 amide bonds. The molecule has 1 saturated heterocycles. The highest BCUT2D eigenvalue weighted by atomic mass is 16.4. The second-order valence-corrected chi connectivity index (χ2v) is 5.97. The highest BCUT2D eigenvalue weighted by Gasteiger charge is 2.41. The number of carboxylic acids is 1. The van der Waals surface area contributed by atoms with E-state index >= 15 is 0 Å². The van der Waals surface area contributed by atoms with Gasteiger partial charge in [-0.05, 0) is 44.6 Å². The van der Waals surface area contributed by atoms with Crippen LogP contribution in [-0.2, 0) is 4.79 Å². The Morgan fingerprint density at radius 3 is 2.71 bits per heavy atom. The first kappa shape index (κ1) is 12.9. The zero-order valence-electron chi connectivity index (χ0n) is 11.0. The van der Waals surface area contributed by atoms with Crippen LogP contribution in [0.5, 0.6) is 0 Å². The number of likely N-dealkylation sites (tertiary alicyclic amines) is 1. The van der Waals surface area contributed by atoms with Crippen LogP contribution in [0.1, 0.15) is 51.9 Å². The molecule has 1 unspecified atom stereocenters. The standard InChI is InChI=1S/C14H25NO2/c1-2-7-14(13(16)17)8-4-9-15(11-14)10-12-5-3-6-12/h12H,2-11H2,1H3,(H,16,17). The minimum atomic E-state index is -0.572. The zero-order chi connectivity index (χ0) is 12.3. The largest absolute Gasteiger partial charge is 0.481 e. The van der Waals surface area contributed by atoms with Gasteiger partial charge < -0.3 is 10.0 Å². The van der Waals surface area contributed by atoms with Crippen molar-refractivity contribution in [3.8, 4) is 0 Å². The van der Waals surface area contributed by atoms with Crippen LogP contribution < -0.4 is 0 Å². The summed E-state index contributed by atoms with van der Waals surface area (Å²) in [5, 5.41) is 9.52. The number of nitrogens with zero attached hydrogens (tertiary/aromatic N) is 1. The highest BCUT2D eigenvalue weighted by molar-refractivity contribution is 5.75. The van der Waals surface area contributed by atoms with Gasteiger partial charge in [0.25, 0.3) is 0 Å². The molecule has 98 valence electrons. The smallest absolute Gasteiger partial charge is 0.310 e. The fourth-order valence-corrected chi connectivity index (χ4v) is 3.39. The predicted octanol–water partition coefficient (Wildman–Crippen LogP) is 2.75. The summed E-state index contributed by atoms with van der Waals surface area (Å²) >= 11 is 0. The molecule has 0 spiro atoms. The molecule has 2 aliphatic rings. The number of piperidine rings is 1. The molecule has 1 saturated carbocycles. The summed E-state index contributed by atoms with van der Waals surface area (Å²) < 4.78 is 0. The van der Waals surface area contributed by atoms with Gasteiger partial charge in [0.1, 0.15) is 0 Å². The van der Waals surface area contributed by atoms with Gasteiger partial charge in [-0.1, -0.05) is 19.8 Å². The van der Waals surface area contributed by atoms with E-state index in [-0.39, 0.29) is 0 Å². The predicted molar refractivity (Wildman–Crippen MR) is 68.0 cm³/mol. The van der Waals surface area contributed by atoms with Gasteiger partial charge in [0.05, 0.1) is 5.41 Å². The van der Waals surface area contributed by atoms with Crippen LogP contribution in [0.2, 0.25) is 0 Å². The Bertz CT molecular complexity index is 271.